The lowest BCUT2D eigenvalue weighted by Gasteiger charge is -2.54. The molecule has 2 saturated carbocycles. The van der Waals surface area contributed by atoms with Crippen molar-refractivity contribution in [3.8, 4) is 0 Å². The van der Waals surface area contributed by atoms with Gasteiger partial charge in [-0.1, -0.05) is 0 Å². The largest absolute Gasteiger partial charge is 0.444 e. The Morgan fingerprint density at radius 1 is 0.700 bits per heavy atom. The smallest absolute Gasteiger partial charge is 0.407 e. The predicted octanol–water partition coefficient (Wildman–Crippen LogP) is 2.53. The highest BCUT2D eigenvalue weighted by atomic mass is 16.6. The van der Waals surface area contributed by atoms with Crippen molar-refractivity contribution >= 4 is 12.2 Å². The summed E-state index contributed by atoms with van der Waals surface area (Å²) >= 11 is 0. The van der Waals surface area contributed by atoms with Crippen LogP contribution in [0, 0.1) is 10.8 Å². The van der Waals surface area contributed by atoms with E-state index in [0.29, 0.717) is 22.9 Å². The number of hydrogen-bond acceptors (Lipinski definition) is 6. The van der Waals surface area contributed by atoms with E-state index >= 15 is 0 Å². The topological polar surface area (TPSA) is 101 Å². The van der Waals surface area contributed by atoms with E-state index in [1.165, 1.54) is 0 Å². The second kappa shape index (κ2) is 8.19. The Labute approximate surface area is 180 Å². The normalized spacial score (nSPS) is 26.0. The van der Waals surface area contributed by atoms with E-state index in [4.69, 9.17) is 9.47 Å². The number of nitrogens with one attached hydrogen (secondary N) is 4. The molecule has 2 heterocycles. The lowest BCUT2D eigenvalue weighted by Crippen LogP contribution is -2.65. The van der Waals surface area contributed by atoms with Gasteiger partial charge in [0.05, 0.1) is 0 Å². The quantitative estimate of drug-likeness (QED) is 0.544. The highest BCUT2D eigenvalue weighted by Crippen LogP contribution is 2.44. The van der Waals surface area contributed by atoms with Gasteiger partial charge in [0, 0.05) is 38.3 Å². The lowest BCUT2D eigenvalue weighted by atomic mass is 9.62. The highest BCUT2D eigenvalue weighted by molar-refractivity contribution is 5.68. The Bertz CT molecular complexity index is 573. The van der Waals surface area contributed by atoms with Crippen LogP contribution in [-0.2, 0) is 9.47 Å². The molecule has 30 heavy (non-hydrogen) atoms. The lowest BCUT2D eigenvalue weighted by molar-refractivity contribution is 0.00773. The Morgan fingerprint density at radius 2 is 1.00 bits per heavy atom. The van der Waals surface area contributed by atoms with Crippen LogP contribution in [0.25, 0.3) is 0 Å². The van der Waals surface area contributed by atoms with E-state index in [2.05, 4.69) is 21.3 Å². The minimum atomic E-state index is -0.399. The van der Waals surface area contributed by atoms with E-state index in [0.717, 1.165) is 51.9 Å². The molecule has 0 aromatic heterocycles. The average molecular weight is 425 g/mol. The van der Waals surface area contributed by atoms with Gasteiger partial charge in [-0.15, -0.1) is 0 Å². The first-order valence-corrected chi connectivity index (χ1v) is 11.2. The van der Waals surface area contributed by atoms with Gasteiger partial charge in [-0.2, -0.15) is 0 Å². The standard InChI is InChI=1S/2C11H20N2O2/c2*1-10(2,3)15-9(14)13-8-4-11(5-8)6-12-7-11/h2*8,12H,4-7H2,1-3H3,(H,13,14). The number of carbonyl (C=O) groups is 2. The van der Waals surface area contributed by atoms with Gasteiger partial charge in [-0.25, -0.2) is 9.59 Å². The summed E-state index contributed by atoms with van der Waals surface area (Å²) < 4.78 is 10.4. The second-order valence-corrected chi connectivity index (χ2v) is 11.7. The molecular weight excluding hydrogens is 384 g/mol. The van der Waals surface area contributed by atoms with Crippen molar-refractivity contribution in [3.05, 3.63) is 0 Å². The van der Waals surface area contributed by atoms with E-state index in [-0.39, 0.29) is 12.2 Å². The van der Waals surface area contributed by atoms with Gasteiger partial charge in [0.1, 0.15) is 11.2 Å². The van der Waals surface area contributed by atoms with Crippen molar-refractivity contribution in [2.45, 2.75) is 90.5 Å². The van der Waals surface area contributed by atoms with Crippen molar-refractivity contribution in [2.24, 2.45) is 10.8 Å². The average Bonchev–Trinajstić information content (AvgIpc) is 2.38. The fourth-order valence-corrected chi connectivity index (χ4v) is 4.66. The molecule has 0 atom stereocenters. The number of amides is 2. The maximum Gasteiger partial charge on any atom is 0.407 e. The SMILES string of the molecule is CC(C)(C)OC(=O)NC1CC2(CNC2)C1.CC(C)(C)OC(=O)NC1CC2(CNC2)C1. The van der Waals surface area contributed by atoms with Crippen LogP contribution in [0.4, 0.5) is 9.59 Å². The Balaban J connectivity index is 0.000000171. The van der Waals surface area contributed by atoms with Crippen molar-refractivity contribution in [1.82, 2.24) is 21.3 Å². The molecule has 2 saturated heterocycles. The van der Waals surface area contributed by atoms with Crippen LogP contribution in [0.5, 0.6) is 0 Å². The van der Waals surface area contributed by atoms with Crippen LogP contribution in [-0.4, -0.2) is 61.7 Å². The Morgan fingerprint density at radius 3 is 1.20 bits per heavy atom. The van der Waals surface area contributed by atoms with Crippen LogP contribution < -0.4 is 21.3 Å². The molecule has 0 radical (unpaired) electrons. The van der Waals surface area contributed by atoms with Crippen molar-refractivity contribution in [3.63, 3.8) is 0 Å². The fraction of sp³-hybridized carbons (Fsp3) is 0.909. The third-order valence-corrected chi connectivity index (χ3v) is 6.16. The summed E-state index contributed by atoms with van der Waals surface area (Å²) in [6.45, 7) is 15.7. The molecule has 4 rings (SSSR count). The minimum absolute atomic E-state index is 0.283. The molecule has 8 heteroatoms. The monoisotopic (exact) mass is 424 g/mol. The zero-order valence-electron chi connectivity index (χ0n) is 19.4. The zero-order chi connectivity index (χ0) is 22.2. The number of alkyl carbamates (subject to hydrolysis) is 2. The van der Waals surface area contributed by atoms with Crippen LogP contribution >= 0.6 is 0 Å². The van der Waals surface area contributed by atoms with Gasteiger partial charge in [-0.3, -0.25) is 0 Å². The first-order valence-electron chi connectivity index (χ1n) is 11.2. The van der Waals surface area contributed by atoms with E-state index in [9.17, 15) is 9.59 Å². The van der Waals surface area contributed by atoms with E-state index in [1.807, 2.05) is 41.5 Å². The molecular formula is C22H40N4O4. The molecule has 8 nitrogen and oxygen atoms in total. The van der Waals surface area contributed by atoms with Gasteiger partial charge in [0.2, 0.25) is 0 Å². The summed E-state index contributed by atoms with van der Waals surface area (Å²) in [4.78, 5) is 22.9. The van der Waals surface area contributed by atoms with E-state index in [1.54, 1.807) is 0 Å². The van der Waals surface area contributed by atoms with Gasteiger partial charge in [-0.05, 0) is 78.1 Å². The van der Waals surface area contributed by atoms with E-state index < -0.39 is 11.2 Å². The summed E-state index contributed by atoms with van der Waals surface area (Å²) in [5, 5.41) is 12.4. The molecule has 4 aliphatic rings. The van der Waals surface area contributed by atoms with Crippen molar-refractivity contribution in [1.29, 1.82) is 0 Å². The highest BCUT2D eigenvalue weighted by Gasteiger charge is 2.49. The Hall–Kier alpha value is -1.54. The number of carbonyl (C=O) groups excluding carboxylic acids is 2. The van der Waals surface area contributed by atoms with Gasteiger partial charge in [0.25, 0.3) is 0 Å². The first kappa shape index (κ1) is 23.1. The molecule has 0 aromatic carbocycles. The van der Waals surface area contributed by atoms with Gasteiger partial charge < -0.3 is 30.7 Å². The molecule has 0 bridgehead atoms. The van der Waals surface area contributed by atoms with Crippen LogP contribution in [0.15, 0.2) is 0 Å². The summed E-state index contributed by atoms with van der Waals surface area (Å²) in [6, 6.07) is 0.642. The maximum atomic E-state index is 11.4. The maximum absolute atomic E-state index is 11.4. The summed E-state index contributed by atoms with van der Waals surface area (Å²) in [5.41, 5.74) is 0.201. The van der Waals surface area contributed by atoms with Crippen LogP contribution in [0.2, 0.25) is 0 Å². The van der Waals surface area contributed by atoms with Gasteiger partial charge in [0.15, 0.2) is 0 Å². The molecule has 2 spiro atoms. The molecule has 0 unspecified atom stereocenters. The summed E-state index contributed by atoms with van der Waals surface area (Å²) in [5.74, 6) is 0. The summed E-state index contributed by atoms with van der Waals surface area (Å²) in [6.07, 6.45) is 3.82. The Kier molecular flexibility index (Phi) is 6.31. The predicted molar refractivity (Wildman–Crippen MR) is 115 cm³/mol. The zero-order valence-corrected chi connectivity index (χ0v) is 19.4. The molecule has 2 aliphatic carbocycles. The molecule has 172 valence electrons. The second-order valence-electron chi connectivity index (χ2n) is 11.7. The number of hydrogen-bond donors (Lipinski definition) is 4. The number of rotatable bonds is 2. The molecule has 0 aromatic rings. The third kappa shape index (κ3) is 6.23. The number of ether oxygens (including phenoxy) is 2. The molecule has 2 amide bonds. The van der Waals surface area contributed by atoms with Crippen LogP contribution in [0.1, 0.15) is 67.2 Å². The first-order chi connectivity index (χ1) is 13.8. The summed E-state index contributed by atoms with van der Waals surface area (Å²) in [7, 11) is 0. The molecule has 4 N–H and O–H groups in total. The molecule has 4 fully saturated rings. The van der Waals surface area contributed by atoms with Crippen LogP contribution in [0.3, 0.4) is 0 Å². The molecule has 2 aliphatic heterocycles. The fourth-order valence-electron chi connectivity index (χ4n) is 4.66. The van der Waals surface area contributed by atoms with Crippen molar-refractivity contribution < 1.29 is 19.1 Å². The van der Waals surface area contributed by atoms with Gasteiger partial charge >= 0.3 is 12.2 Å². The minimum Gasteiger partial charge on any atom is -0.444 e. The third-order valence-electron chi connectivity index (χ3n) is 6.16. The van der Waals surface area contributed by atoms with Crippen molar-refractivity contribution in [2.75, 3.05) is 26.2 Å².